The van der Waals surface area contributed by atoms with Crippen LogP contribution < -0.4 is 14.8 Å². The Morgan fingerprint density at radius 1 is 1.03 bits per heavy atom. The summed E-state index contributed by atoms with van der Waals surface area (Å²) in [5, 5.41) is 3.00. The highest BCUT2D eigenvalue weighted by atomic mass is 16.6. The topological polar surface area (TPSA) is 84.9 Å². The highest BCUT2D eigenvalue weighted by molar-refractivity contribution is 6.22. The maximum absolute atomic E-state index is 12.7. The van der Waals surface area contributed by atoms with Crippen LogP contribution in [-0.2, 0) is 11.2 Å². The number of benzene rings is 2. The lowest BCUT2D eigenvalue weighted by molar-refractivity contribution is -0.122. The Hall–Kier alpha value is -3.35. The normalized spacial score (nSPS) is 19.6. The molecule has 1 aliphatic carbocycles. The van der Waals surface area contributed by atoms with E-state index in [4.69, 9.17) is 9.47 Å². The molecule has 29 heavy (non-hydrogen) atoms. The molecule has 2 heterocycles. The second kappa shape index (κ2) is 6.92. The van der Waals surface area contributed by atoms with Crippen molar-refractivity contribution < 1.29 is 23.9 Å². The van der Waals surface area contributed by atoms with Crippen molar-refractivity contribution in [1.82, 2.24) is 10.2 Å². The van der Waals surface area contributed by atoms with Crippen LogP contribution in [0.1, 0.15) is 50.7 Å². The molecule has 148 valence electrons. The van der Waals surface area contributed by atoms with E-state index in [0.29, 0.717) is 30.1 Å². The van der Waals surface area contributed by atoms with Crippen LogP contribution in [0.4, 0.5) is 0 Å². The molecule has 2 aliphatic heterocycles. The zero-order chi connectivity index (χ0) is 20.0. The SMILES string of the molecule is O=C(CN1C(=O)c2ccccc2C1=O)NC1CCCc2cc3c(cc21)OCCO3. The molecule has 0 saturated carbocycles. The molecule has 0 fully saturated rings. The molecule has 0 radical (unpaired) electrons. The Kier molecular flexibility index (Phi) is 4.23. The molecule has 0 spiro atoms. The number of nitrogens with one attached hydrogen (secondary N) is 1. The summed E-state index contributed by atoms with van der Waals surface area (Å²) >= 11 is 0. The second-order valence-corrected chi connectivity index (χ2v) is 7.45. The second-order valence-electron chi connectivity index (χ2n) is 7.45. The molecule has 1 unspecified atom stereocenters. The van der Waals surface area contributed by atoms with E-state index in [-0.39, 0.29) is 18.5 Å². The molecule has 3 aliphatic rings. The summed E-state index contributed by atoms with van der Waals surface area (Å²) in [7, 11) is 0. The van der Waals surface area contributed by atoms with Crippen molar-refractivity contribution in [3.05, 3.63) is 58.7 Å². The minimum absolute atomic E-state index is 0.183. The lowest BCUT2D eigenvalue weighted by atomic mass is 9.87. The number of nitrogens with zero attached hydrogens (tertiary/aromatic N) is 1. The summed E-state index contributed by atoms with van der Waals surface area (Å²) in [6.07, 6.45) is 2.64. The van der Waals surface area contributed by atoms with E-state index < -0.39 is 11.8 Å². The average Bonchev–Trinajstić information content (AvgIpc) is 2.98. The number of imide groups is 1. The van der Waals surface area contributed by atoms with Gasteiger partial charge in [-0.1, -0.05) is 12.1 Å². The van der Waals surface area contributed by atoms with Gasteiger partial charge in [0.05, 0.1) is 17.2 Å². The molecular formula is C22H20N2O5. The zero-order valence-electron chi connectivity index (χ0n) is 15.8. The number of ether oxygens (including phenoxy) is 2. The predicted octanol–water partition coefficient (Wildman–Crippen LogP) is 2.25. The van der Waals surface area contributed by atoms with Crippen LogP contribution >= 0.6 is 0 Å². The molecular weight excluding hydrogens is 372 g/mol. The van der Waals surface area contributed by atoms with Crippen molar-refractivity contribution >= 4 is 17.7 Å². The first-order valence-electron chi connectivity index (χ1n) is 9.79. The first kappa shape index (κ1) is 17.7. The van der Waals surface area contributed by atoms with Gasteiger partial charge in [0.15, 0.2) is 11.5 Å². The van der Waals surface area contributed by atoms with Crippen LogP contribution in [0, 0.1) is 0 Å². The fraction of sp³-hybridized carbons (Fsp3) is 0.318. The third kappa shape index (κ3) is 3.03. The van der Waals surface area contributed by atoms with Crippen molar-refractivity contribution in [2.45, 2.75) is 25.3 Å². The number of hydrogen-bond donors (Lipinski definition) is 1. The Morgan fingerprint density at radius 3 is 2.38 bits per heavy atom. The molecule has 2 aromatic carbocycles. The highest BCUT2D eigenvalue weighted by Gasteiger charge is 2.36. The number of carbonyl (C=O) groups is 3. The van der Waals surface area contributed by atoms with Crippen molar-refractivity contribution in [3.8, 4) is 11.5 Å². The van der Waals surface area contributed by atoms with Crippen LogP contribution in [0.2, 0.25) is 0 Å². The van der Waals surface area contributed by atoms with E-state index in [2.05, 4.69) is 5.32 Å². The van der Waals surface area contributed by atoms with E-state index in [0.717, 1.165) is 41.0 Å². The molecule has 0 saturated heterocycles. The maximum Gasteiger partial charge on any atom is 0.262 e. The molecule has 2 aromatic rings. The van der Waals surface area contributed by atoms with Crippen LogP contribution in [0.15, 0.2) is 36.4 Å². The molecule has 1 atom stereocenters. The summed E-state index contributed by atoms with van der Waals surface area (Å²) < 4.78 is 11.3. The molecule has 1 N–H and O–H groups in total. The molecule has 3 amide bonds. The van der Waals surface area contributed by atoms with Crippen LogP contribution in [0.25, 0.3) is 0 Å². The molecule has 7 nitrogen and oxygen atoms in total. The van der Waals surface area contributed by atoms with E-state index >= 15 is 0 Å². The summed E-state index contributed by atoms with van der Waals surface area (Å²) in [4.78, 5) is 38.7. The maximum atomic E-state index is 12.7. The van der Waals surface area contributed by atoms with Gasteiger partial charge in [-0.3, -0.25) is 19.3 Å². The number of fused-ring (bicyclic) bond motifs is 3. The van der Waals surface area contributed by atoms with Gasteiger partial charge in [-0.2, -0.15) is 0 Å². The summed E-state index contributed by atoms with van der Waals surface area (Å²) in [6, 6.07) is 10.4. The Bertz CT molecular complexity index is 997. The van der Waals surface area contributed by atoms with Gasteiger partial charge in [-0.15, -0.1) is 0 Å². The number of aryl methyl sites for hydroxylation is 1. The van der Waals surface area contributed by atoms with Crippen molar-refractivity contribution in [2.24, 2.45) is 0 Å². The largest absolute Gasteiger partial charge is 0.486 e. The van der Waals surface area contributed by atoms with E-state index in [1.54, 1.807) is 24.3 Å². The standard InChI is InChI=1S/C22H20N2O5/c25-20(12-24-21(26)14-5-1-2-6-15(14)22(24)27)23-17-7-3-4-13-10-18-19(11-16(13)17)29-9-8-28-18/h1-2,5-6,10-11,17H,3-4,7-9,12H2,(H,23,25). The number of amides is 3. The fourth-order valence-electron chi connectivity index (χ4n) is 4.26. The summed E-state index contributed by atoms with van der Waals surface area (Å²) in [5.74, 6) is 0.227. The third-order valence-electron chi connectivity index (χ3n) is 5.63. The minimum Gasteiger partial charge on any atom is -0.486 e. The van der Waals surface area contributed by atoms with E-state index in [1.165, 1.54) is 0 Å². The van der Waals surface area contributed by atoms with Crippen molar-refractivity contribution in [1.29, 1.82) is 0 Å². The Labute approximate surface area is 167 Å². The van der Waals surface area contributed by atoms with Gasteiger partial charge in [0.25, 0.3) is 11.8 Å². The zero-order valence-corrected chi connectivity index (χ0v) is 15.8. The Balaban J connectivity index is 1.33. The smallest absolute Gasteiger partial charge is 0.262 e. The number of carbonyl (C=O) groups excluding carboxylic acids is 3. The third-order valence-corrected chi connectivity index (χ3v) is 5.63. The van der Waals surface area contributed by atoms with Gasteiger partial charge in [0.1, 0.15) is 19.8 Å². The first-order chi connectivity index (χ1) is 14.1. The quantitative estimate of drug-likeness (QED) is 0.810. The monoisotopic (exact) mass is 392 g/mol. The predicted molar refractivity (Wildman–Crippen MR) is 103 cm³/mol. The average molecular weight is 392 g/mol. The van der Waals surface area contributed by atoms with E-state index in [1.807, 2.05) is 12.1 Å². The lowest BCUT2D eigenvalue weighted by Gasteiger charge is -2.29. The van der Waals surface area contributed by atoms with Gasteiger partial charge in [-0.05, 0) is 54.7 Å². The lowest BCUT2D eigenvalue weighted by Crippen LogP contribution is -2.42. The highest BCUT2D eigenvalue weighted by Crippen LogP contribution is 2.39. The number of hydrogen-bond acceptors (Lipinski definition) is 5. The Morgan fingerprint density at radius 2 is 1.69 bits per heavy atom. The van der Waals surface area contributed by atoms with Gasteiger partial charge >= 0.3 is 0 Å². The fourth-order valence-corrected chi connectivity index (χ4v) is 4.26. The number of rotatable bonds is 3. The van der Waals surface area contributed by atoms with E-state index in [9.17, 15) is 14.4 Å². The molecule has 5 rings (SSSR count). The minimum atomic E-state index is -0.426. The summed E-state index contributed by atoms with van der Waals surface area (Å²) in [6.45, 7) is 0.748. The first-order valence-corrected chi connectivity index (χ1v) is 9.79. The van der Waals surface area contributed by atoms with Crippen molar-refractivity contribution in [2.75, 3.05) is 19.8 Å². The summed E-state index contributed by atoms with van der Waals surface area (Å²) in [5.41, 5.74) is 2.83. The molecule has 7 heteroatoms. The van der Waals surface area contributed by atoms with Crippen molar-refractivity contribution in [3.63, 3.8) is 0 Å². The van der Waals surface area contributed by atoms with Gasteiger partial charge in [-0.25, -0.2) is 0 Å². The van der Waals surface area contributed by atoms with Gasteiger partial charge < -0.3 is 14.8 Å². The van der Waals surface area contributed by atoms with Gasteiger partial charge in [0.2, 0.25) is 5.91 Å². The molecule has 0 aromatic heterocycles. The van der Waals surface area contributed by atoms with Crippen LogP contribution in [0.3, 0.4) is 0 Å². The van der Waals surface area contributed by atoms with Crippen LogP contribution in [-0.4, -0.2) is 42.4 Å². The molecule has 0 bridgehead atoms. The van der Waals surface area contributed by atoms with Crippen LogP contribution in [0.5, 0.6) is 11.5 Å². The van der Waals surface area contributed by atoms with Gasteiger partial charge in [0, 0.05) is 0 Å².